The quantitative estimate of drug-likeness (QED) is 0.738. The molecule has 1 unspecified atom stereocenters. The Hall–Kier alpha value is -2.30. The van der Waals surface area contributed by atoms with Gasteiger partial charge in [-0.25, -0.2) is 8.42 Å². The molecule has 0 saturated carbocycles. The number of ether oxygens (including phenoxy) is 1. The van der Waals surface area contributed by atoms with Gasteiger partial charge in [-0.15, -0.1) is 0 Å². The Balaban J connectivity index is 1.58. The predicted molar refractivity (Wildman–Crippen MR) is 92.7 cm³/mol. The second kappa shape index (κ2) is 7.61. The van der Waals surface area contributed by atoms with Gasteiger partial charge in [-0.3, -0.25) is 0 Å². The van der Waals surface area contributed by atoms with Crippen molar-refractivity contribution in [1.82, 2.24) is 10.1 Å². The van der Waals surface area contributed by atoms with Crippen molar-refractivity contribution in [3.8, 4) is 5.75 Å². The van der Waals surface area contributed by atoms with E-state index in [0.717, 1.165) is 6.26 Å². The van der Waals surface area contributed by atoms with Crippen LogP contribution >= 0.6 is 0 Å². The van der Waals surface area contributed by atoms with Gasteiger partial charge in [0.1, 0.15) is 5.75 Å². The number of rotatable bonds is 5. The minimum Gasteiger partial charge on any atom is -0.490 e. The fraction of sp³-hybridized carbons (Fsp3) is 0.529. The summed E-state index contributed by atoms with van der Waals surface area (Å²) < 4.78 is 71.6. The van der Waals surface area contributed by atoms with Crippen molar-refractivity contribution in [3.05, 3.63) is 30.1 Å². The van der Waals surface area contributed by atoms with Gasteiger partial charge in [0, 0.05) is 19.3 Å². The van der Waals surface area contributed by atoms with Crippen LogP contribution in [0.2, 0.25) is 0 Å². The number of anilines is 1. The number of alkyl halides is 3. The van der Waals surface area contributed by atoms with Crippen LogP contribution in [0, 0.1) is 12.0 Å². The summed E-state index contributed by atoms with van der Waals surface area (Å²) in [5, 5.41) is 2.97. The number of hydrogen-bond donors (Lipinski definition) is 0. The van der Waals surface area contributed by atoms with Crippen molar-refractivity contribution in [2.75, 3.05) is 24.2 Å². The van der Waals surface area contributed by atoms with Crippen LogP contribution in [0.1, 0.15) is 25.6 Å². The highest BCUT2D eigenvalue weighted by Gasteiger charge is 2.38. The first-order valence-electron chi connectivity index (χ1n) is 8.58. The van der Waals surface area contributed by atoms with E-state index in [0.29, 0.717) is 31.7 Å². The Bertz CT molecular complexity index is 922. The van der Waals surface area contributed by atoms with Crippen molar-refractivity contribution in [2.45, 2.75) is 36.9 Å². The van der Waals surface area contributed by atoms with Crippen LogP contribution < -0.4 is 9.64 Å². The molecule has 0 amide bonds. The maximum Gasteiger partial charge on any atom is 0.455 e. The Labute approximate surface area is 160 Å². The van der Waals surface area contributed by atoms with Crippen LogP contribution in [0.25, 0.3) is 0 Å². The van der Waals surface area contributed by atoms with E-state index in [4.69, 9.17) is 9.26 Å². The number of benzene rings is 1. The van der Waals surface area contributed by atoms with Gasteiger partial charge < -0.3 is 14.2 Å². The van der Waals surface area contributed by atoms with Crippen molar-refractivity contribution < 1.29 is 30.8 Å². The normalized spacial score (nSPS) is 17.5. The standard InChI is InChI=1S/C17H19F3N3O4S/c1-11(26-13-4-3-5-14(10-13)28(2,24)25)12-6-8-23(9-7-12)16-21-15(22-27-16)17(18,19)20/h4-5,10-12H,6-9H2,1-2H3. The molecule has 0 bridgehead atoms. The largest absolute Gasteiger partial charge is 0.490 e. The van der Waals surface area contributed by atoms with Crippen LogP contribution in [0.15, 0.2) is 27.6 Å². The summed E-state index contributed by atoms with van der Waals surface area (Å²) in [7, 11) is -3.35. The van der Waals surface area contributed by atoms with Gasteiger partial charge in [0.2, 0.25) is 0 Å². The molecule has 2 heterocycles. The second-order valence-corrected chi connectivity index (χ2v) is 8.74. The minimum atomic E-state index is -4.64. The molecule has 3 rings (SSSR count). The highest BCUT2D eigenvalue weighted by atomic mass is 32.2. The van der Waals surface area contributed by atoms with Gasteiger partial charge in [-0.05, 0) is 55.1 Å². The van der Waals surface area contributed by atoms with Gasteiger partial charge in [-0.1, -0.05) is 0 Å². The third-order valence-electron chi connectivity index (χ3n) is 4.63. The monoisotopic (exact) mass is 418 g/mol. The summed E-state index contributed by atoms with van der Waals surface area (Å²) in [4.78, 5) is 5.15. The Morgan fingerprint density at radius 2 is 2.00 bits per heavy atom. The summed E-state index contributed by atoms with van der Waals surface area (Å²) >= 11 is 0. The molecule has 0 aliphatic carbocycles. The third kappa shape index (κ3) is 4.75. The van der Waals surface area contributed by atoms with Crippen molar-refractivity contribution in [1.29, 1.82) is 0 Å². The molecule has 1 aromatic carbocycles. The Morgan fingerprint density at radius 3 is 2.57 bits per heavy atom. The van der Waals surface area contributed by atoms with Gasteiger partial charge in [-0.2, -0.15) is 18.2 Å². The van der Waals surface area contributed by atoms with Crippen molar-refractivity contribution >= 4 is 15.9 Å². The molecule has 1 aromatic heterocycles. The molecule has 1 aliphatic rings. The fourth-order valence-electron chi connectivity index (χ4n) is 3.04. The predicted octanol–water partition coefficient (Wildman–Crippen LogP) is 2.98. The highest BCUT2D eigenvalue weighted by molar-refractivity contribution is 7.90. The maximum atomic E-state index is 12.6. The lowest BCUT2D eigenvalue weighted by Crippen LogP contribution is -2.38. The van der Waals surface area contributed by atoms with E-state index in [2.05, 4.69) is 16.2 Å². The van der Waals surface area contributed by atoms with Crippen LogP contribution in [0.3, 0.4) is 0 Å². The molecule has 1 atom stereocenters. The molecule has 1 aliphatic heterocycles. The molecule has 0 N–H and O–H groups in total. The summed E-state index contributed by atoms with van der Waals surface area (Å²) in [5.41, 5.74) is 0. The number of aromatic nitrogens is 2. The number of hydrogen-bond acceptors (Lipinski definition) is 7. The molecule has 1 saturated heterocycles. The third-order valence-corrected chi connectivity index (χ3v) is 5.72. The lowest BCUT2D eigenvalue weighted by molar-refractivity contribution is -0.146. The van der Waals surface area contributed by atoms with Gasteiger partial charge in [0.15, 0.2) is 9.84 Å². The average Bonchev–Trinajstić information content (AvgIpc) is 3.12. The van der Waals surface area contributed by atoms with E-state index in [1.165, 1.54) is 12.1 Å². The fourth-order valence-corrected chi connectivity index (χ4v) is 3.65. The number of piperidine rings is 1. The summed E-state index contributed by atoms with van der Waals surface area (Å²) in [6.45, 7) is 2.78. The zero-order valence-electron chi connectivity index (χ0n) is 15.2. The molecule has 28 heavy (non-hydrogen) atoms. The Morgan fingerprint density at radius 1 is 1.32 bits per heavy atom. The van der Waals surface area contributed by atoms with Gasteiger partial charge >= 0.3 is 12.2 Å². The summed E-state index contributed by atoms with van der Waals surface area (Å²) in [6, 6.07) is 7.01. The smallest absolute Gasteiger partial charge is 0.455 e. The van der Waals surface area contributed by atoms with E-state index >= 15 is 0 Å². The second-order valence-electron chi connectivity index (χ2n) is 6.72. The maximum absolute atomic E-state index is 12.6. The molecule has 1 fully saturated rings. The molecule has 2 aromatic rings. The molecule has 0 spiro atoms. The van der Waals surface area contributed by atoms with E-state index in [-0.39, 0.29) is 22.9 Å². The first kappa shape index (κ1) is 20.4. The molecular formula is C17H19F3N3O4S. The minimum absolute atomic E-state index is 0.129. The topological polar surface area (TPSA) is 85.5 Å². The van der Waals surface area contributed by atoms with Gasteiger partial charge in [0.25, 0.3) is 5.82 Å². The first-order chi connectivity index (χ1) is 13.0. The SMILES string of the molecule is CC(Oc1c[c]cc(S(C)(=O)=O)c1)C1CCN(c2nc(C(F)(F)F)no2)CC1. The van der Waals surface area contributed by atoms with E-state index in [9.17, 15) is 21.6 Å². The lowest BCUT2D eigenvalue weighted by Gasteiger charge is -2.33. The summed E-state index contributed by atoms with van der Waals surface area (Å²) in [6.07, 6.45) is -2.43. The van der Waals surface area contributed by atoms with E-state index in [1.807, 2.05) is 6.92 Å². The van der Waals surface area contributed by atoms with Crippen molar-refractivity contribution in [2.24, 2.45) is 5.92 Å². The zero-order chi connectivity index (χ0) is 20.5. The molecule has 1 radical (unpaired) electrons. The lowest BCUT2D eigenvalue weighted by atomic mass is 9.92. The number of nitrogens with zero attached hydrogens (tertiary/aromatic N) is 3. The highest BCUT2D eigenvalue weighted by Crippen LogP contribution is 2.31. The Kier molecular flexibility index (Phi) is 5.55. The molecule has 153 valence electrons. The number of halogens is 3. The number of sulfone groups is 1. The molecule has 11 heteroatoms. The van der Waals surface area contributed by atoms with Crippen molar-refractivity contribution in [3.63, 3.8) is 0 Å². The van der Waals surface area contributed by atoms with Gasteiger partial charge in [0.05, 0.1) is 11.0 Å². The van der Waals surface area contributed by atoms with Crippen LogP contribution in [0.4, 0.5) is 19.2 Å². The molecule has 7 nitrogen and oxygen atoms in total. The molecular weight excluding hydrogens is 399 g/mol. The van der Waals surface area contributed by atoms with Crippen LogP contribution in [-0.4, -0.2) is 44.0 Å². The zero-order valence-corrected chi connectivity index (χ0v) is 16.0. The van der Waals surface area contributed by atoms with Crippen LogP contribution in [0.5, 0.6) is 5.75 Å². The van der Waals surface area contributed by atoms with Crippen LogP contribution in [-0.2, 0) is 16.0 Å². The summed E-state index contributed by atoms with van der Waals surface area (Å²) in [5.74, 6) is -0.740. The average molecular weight is 418 g/mol. The van der Waals surface area contributed by atoms with E-state index < -0.39 is 21.8 Å². The first-order valence-corrected chi connectivity index (χ1v) is 10.5. The van der Waals surface area contributed by atoms with E-state index in [1.54, 1.807) is 11.0 Å².